The van der Waals surface area contributed by atoms with Crippen LogP contribution in [-0.2, 0) is 17.8 Å². The number of likely N-dealkylation sites (N-methyl/N-ethyl adjacent to an activating group) is 1. The summed E-state index contributed by atoms with van der Waals surface area (Å²) < 4.78 is 10.9. The van der Waals surface area contributed by atoms with Crippen LogP contribution in [0.2, 0.25) is 0 Å². The number of hydrogen-bond donors (Lipinski definition) is 0. The minimum atomic E-state index is 0.0405. The first-order valence-electron chi connectivity index (χ1n) is 7.50. The molecule has 23 heavy (non-hydrogen) atoms. The Hall–Kier alpha value is -2.75. The fourth-order valence-electron chi connectivity index (χ4n) is 2.53. The first-order valence-corrected chi connectivity index (χ1v) is 7.50. The number of rotatable bonds is 5. The summed E-state index contributed by atoms with van der Waals surface area (Å²) >= 11 is 0. The Balaban J connectivity index is 1.67. The van der Waals surface area contributed by atoms with Crippen molar-refractivity contribution < 1.29 is 13.9 Å². The third-order valence-electron chi connectivity index (χ3n) is 3.78. The third-order valence-corrected chi connectivity index (χ3v) is 3.78. The van der Waals surface area contributed by atoms with E-state index in [1.165, 1.54) is 0 Å². The van der Waals surface area contributed by atoms with Crippen molar-refractivity contribution in [3.05, 3.63) is 65.9 Å². The fraction of sp³-hybridized carbons (Fsp3) is 0.211. The average molecular weight is 309 g/mol. The van der Waals surface area contributed by atoms with Gasteiger partial charge in [0.05, 0.1) is 20.1 Å². The van der Waals surface area contributed by atoms with E-state index in [0.29, 0.717) is 13.0 Å². The van der Waals surface area contributed by atoms with Crippen molar-refractivity contribution in [2.45, 2.75) is 13.0 Å². The van der Waals surface area contributed by atoms with Crippen molar-refractivity contribution in [2.75, 3.05) is 14.2 Å². The van der Waals surface area contributed by atoms with Crippen molar-refractivity contribution in [2.24, 2.45) is 0 Å². The maximum absolute atomic E-state index is 12.4. The van der Waals surface area contributed by atoms with Crippen molar-refractivity contribution >= 4 is 16.9 Å². The number of hydrogen-bond acceptors (Lipinski definition) is 3. The number of nitrogens with zero attached hydrogens (tertiary/aromatic N) is 1. The lowest BCUT2D eigenvalue weighted by Gasteiger charge is -2.16. The molecule has 2 aromatic carbocycles. The maximum atomic E-state index is 12.4. The largest absolute Gasteiger partial charge is 0.497 e. The Bertz CT molecular complexity index is 789. The Morgan fingerprint density at radius 1 is 1.13 bits per heavy atom. The van der Waals surface area contributed by atoms with Gasteiger partial charge < -0.3 is 14.1 Å². The molecular weight excluding hydrogens is 290 g/mol. The van der Waals surface area contributed by atoms with E-state index >= 15 is 0 Å². The summed E-state index contributed by atoms with van der Waals surface area (Å²) in [5, 5.41) is 1.05. The number of ether oxygens (including phenoxy) is 1. The molecule has 0 aliphatic heterocycles. The van der Waals surface area contributed by atoms with Gasteiger partial charge in [0, 0.05) is 12.4 Å². The van der Waals surface area contributed by atoms with E-state index in [0.717, 1.165) is 28.0 Å². The summed E-state index contributed by atoms with van der Waals surface area (Å²) in [7, 11) is 3.41. The molecule has 0 atom stereocenters. The van der Waals surface area contributed by atoms with Gasteiger partial charge in [-0.05, 0) is 29.8 Å². The lowest BCUT2D eigenvalue weighted by molar-refractivity contribution is -0.129. The highest BCUT2D eigenvalue weighted by molar-refractivity contribution is 5.79. The summed E-state index contributed by atoms with van der Waals surface area (Å²) in [6.45, 7) is 0.456. The van der Waals surface area contributed by atoms with Crippen molar-refractivity contribution in [3.8, 4) is 5.75 Å². The molecule has 0 saturated carbocycles. The number of amides is 1. The number of methoxy groups -OCH3 is 1. The van der Waals surface area contributed by atoms with Gasteiger partial charge in [-0.25, -0.2) is 0 Å². The molecular formula is C19H19NO3. The molecule has 0 fully saturated rings. The molecule has 4 nitrogen and oxygen atoms in total. The second kappa shape index (κ2) is 6.57. The Kier molecular flexibility index (Phi) is 4.33. The van der Waals surface area contributed by atoms with Crippen LogP contribution in [0.15, 0.2) is 59.0 Å². The van der Waals surface area contributed by atoms with Gasteiger partial charge in [0.2, 0.25) is 5.91 Å². The molecule has 118 valence electrons. The summed E-state index contributed by atoms with van der Waals surface area (Å²) in [4.78, 5) is 14.1. The molecule has 0 spiro atoms. The minimum Gasteiger partial charge on any atom is -0.497 e. The van der Waals surface area contributed by atoms with Gasteiger partial charge in [-0.3, -0.25) is 4.79 Å². The molecule has 1 aromatic heterocycles. The first kappa shape index (κ1) is 15.2. The van der Waals surface area contributed by atoms with Crippen LogP contribution in [0.25, 0.3) is 11.0 Å². The summed E-state index contributed by atoms with van der Waals surface area (Å²) in [5.41, 5.74) is 1.78. The van der Waals surface area contributed by atoms with Crippen molar-refractivity contribution in [3.63, 3.8) is 0 Å². The highest BCUT2D eigenvalue weighted by Gasteiger charge is 2.13. The van der Waals surface area contributed by atoms with Crippen LogP contribution in [-0.4, -0.2) is 25.0 Å². The number of furan rings is 1. The number of fused-ring (bicyclic) bond motifs is 1. The standard InChI is InChI=1S/C19H19NO3/c1-20(13-17-12-15-7-3-4-9-18(15)23-17)19(21)11-14-6-5-8-16(10-14)22-2/h3-10,12H,11,13H2,1-2H3. The van der Waals surface area contributed by atoms with Gasteiger partial charge in [0.1, 0.15) is 17.1 Å². The molecule has 3 rings (SSSR count). The molecule has 0 bridgehead atoms. The van der Waals surface area contributed by atoms with E-state index < -0.39 is 0 Å². The number of benzene rings is 2. The van der Waals surface area contributed by atoms with Crippen LogP contribution < -0.4 is 4.74 Å². The maximum Gasteiger partial charge on any atom is 0.227 e. The van der Waals surface area contributed by atoms with Crippen LogP contribution in [0.1, 0.15) is 11.3 Å². The van der Waals surface area contributed by atoms with Gasteiger partial charge in [-0.1, -0.05) is 30.3 Å². The highest BCUT2D eigenvalue weighted by atomic mass is 16.5. The van der Waals surface area contributed by atoms with Crippen LogP contribution >= 0.6 is 0 Å². The van der Waals surface area contributed by atoms with E-state index in [-0.39, 0.29) is 5.91 Å². The molecule has 0 saturated heterocycles. The highest BCUT2D eigenvalue weighted by Crippen LogP contribution is 2.20. The number of para-hydroxylation sites is 1. The zero-order valence-corrected chi connectivity index (χ0v) is 13.3. The van der Waals surface area contributed by atoms with Crippen LogP contribution in [0.3, 0.4) is 0 Å². The average Bonchev–Trinajstić information content (AvgIpc) is 2.97. The normalized spacial score (nSPS) is 10.7. The van der Waals surface area contributed by atoms with E-state index in [1.807, 2.05) is 54.6 Å². The Morgan fingerprint density at radius 3 is 2.74 bits per heavy atom. The summed E-state index contributed by atoms with van der Waals surface area (Å²) in [5.74, 6) is 1.58. The van der Waals surface area contributed by atoms with Crippen LogP contribution in [0.4, 0.5) is 0 Å². The smallest absolute Gasteiger partial charge is 0.227 e. The molecule has 1 heterocycles. The van der Waals surface area contributed by atoms with Gasteiger partial charge in [0.25, 0.3) is 0 Å². The fourth-order valence-corrected chi connectivity index (χ4v) is 2.53. The van der Waals surface area contributed by atoms with Crippen LogP contribution in [0, 0.1) is 0 Å². The number of carbonyl (C=O) groups is 1. The lowest BCUT2D eigenvalue weighted by atomic mass is 10.1. The van der Waals surface area contributed by atoms with Gasteiger partial charge in [-0.2, -0.15) is 0 Å². The molecule has 0 aliphatic rings. The molecule has 0 aliphatic carbocycles. The zero-order valence-electron chi connectivity index (χ0n) is 13.3. The first-order chi connectivity index (χ1) is 11.2. The van der Waals surface area contributed by atoms with Crippen LogP contribution in [0.5, 0.6) is 5.75 Å². The molecule has 1 amide bonds. The van der Waals surface area contributed by atoms with E-state index in [1.54, 1.807) is 19.1 Å². The monoisotopic (exact) mass is 309 g/mol. The quantitative estimate of drug-likeness (QED) is 0.722. The molecule has 4 heteroatoms. The predicted octanol–water partition coefficient (Wildman–Crippen LogP) is 3.64. The van der Waals surface area contributed by atoms with E-state index in [2.05, 4.69) is 0 Å². The topological polar surface area (TPSA) is 42.7 Å². The molecule has 0 radical (unpaired) electrons. The predicted molar refractivity (Wildman–Crippen MR) is 89.4 cm³/mol. The third kappa shape index (κ3) is 3.54. The SMILES string of the molecule is COc1cccc(CC(=O)N(C)Cc2cc3ccccc3o2)c1. The second-order valence-electron chi connectivity index (χ2n) is 5.53. The second-order valence-corrected chi connectivity index (χ2v) is 5.53. The minimum absolute atomic E-state index is 0.0405. The summed E-state index contributed by atoms with van der Waals surface area (Å²) in [6.07, 6.45) is 0.341. The Morgan fingerprint density at radius 2 is 1.96 bits per heavy atom. The zero-order chi connectivity index (χ0) is 16.2. The Labute approximate surface area is 135 Å². The lowest BCUT2D eigenvalue weighted by Crippen LogP contribution is -2.27. The summed E-state index contributed by atoms with van der Waals surface area (Å²) in [6, 6.07) is 17.4. The molecule has 3 aromatic rings. The molecule has 0 N–H and O–H groups in total. The van der Waals surface area contributed by atoms with Crippen molar-refractivity contribution in [1.29, 1.82) is 0 Å². The number of carbonyl (C=O) groups excluding carboxylic acids is 1. The van der Waals surface area contributed by atoms with Gasteiger partial charge in [-0.15, -0.1) is 0 Å². The van der Waals surface area contributed by atoms with E-state index in [9.17, 15) is 4.79 Å². The van der Waals surface area contributed by atoms with Gasteiger partial charge >= 0.3 is 0 Å². The van der Waals surface area contributed by atoms with E-state index in [4.69, 9.17) is 9.15 Å². The van der Waals surface area contributed by atoms with Gasteiger partial charge in [0.15, 0.2) is 0 Å². The van der Waals surface area contributed by atoms with Crippen molar-refractivity contribution in [1.82, 2.24) is 4.90 Å². The molecule has 0 unspecified atom stereocenters.